The Bertz CT molecular complexity index is 484. The van der Waals surface area contributed by atoms with Crippen molar-refractivity contribution in [2.75, 3.05) is 37.4 Å². The van der Waals surface area contributed by atoms with Crippen molar-refractivity contribution < 1.29 is 9.53 Å². The van der Waals surface area contributed by atoms with Gasteiger partial charge in [-0.15, -0.1) is 0 Å². The van der Waals surface area contributed by atoms with E-state index in [1.165, 1.54) is 0 Å². The number of nitrogens with one attached hydrogen (secondary N) is 2. The lowest BCUT2D eigenvalue weighted by atomic mass is 10.2. The van der Waals surface area contributed by atoms with Crippen LogP contribution >= 0.6 is 11.6 Å². The summed E-state index contributed by atoms with van der Waals surface area (Å²) < 4.78 is 5.16. The highest BCUT2D eigenvalue weighted by atomic mass is 35.5. The number of amides is 1. The summed E-state index contributed by atoms with van der Waals surface area (Å²) in [5.74, 6) is 0. The van der Waals surface area contributed by atoms with Crippen LogP contribution in [0.4, 0.5) is 16.2 Å². The van der Waals surface area contributed by atoms with E-state index in [1.807, 2.05) is 58.0 Å². The Morgan fingerprint density at radius 1 is 1.29 bits per heavy atom. The molecule has 1 amide bonds. The minimum absolute atomic E-state index is 0.414. The first-order chi connectivity index (χ1) is 9.70. The molecule has 0 aliphatic rings. The van der Waals surface area contributed by atoms with Gasteiger partial charge in [0.1, 0.15) is 5.60 Å². The molecule has 0 atom stereocenters. The molecule has 1 rings (SSSR count). The Labute approximate surface area is 131 Å². The first-order valence-electron chi connectivity index (χ1n) is 6.87. The molecule has 0 saturated carbocycles. The van der Waals surface area contributed by atoms with Gasteiger partial charge in [0, 0.05) is 27.2 Å². The van der Waals surface area contributed by atoms with E-state index in [2.05, 4.69) is 10.6 Å². The number of halogens is 1. The Morgan fingerprint density at radius 2 is 1.95 bits per heavy atom. The number of nitrogens with zero attached hydrogens (tertiary/aromatic N) is 1. The SMILES string of the molecule is CN(C)c1c(Cl)cccc1NCCNC(=O)OC(C)(C)C. The zero-order valence-corrected chi connectivity index (χ0v) is 14.0. The normalized spacial score (nSPS) is 11.0. The molecule has 0 aliphatic heterocycles. The quantitative estimate of drug-likeness (QED) is 0.819. The molecule has 5 nitrogen and oxygen atoms in total. The van der Waals surface area contributed by atoms with Gasteiger partial charge in [0.15, 0.2) is 0 Å². The predicted molar refractivity (Wildman–Crippen MR) is 88.5 cm³/mol. The molecule has 0 bridgehead atoms. The van der Waals surface area contributed by atoms with E-state index in [9.17, 15) is 4.79 Å². The first-order valence-corrected chi connectivity index (χ1v) is 7.25. The number of para-hydroxylation sites is 1. The molecule has 0 aliphatic carbocycles. The van der Waals surface area contributed by atoms with E-state index in [-0.39, 0.29) is 0 Å². The van der Waals surface area contributed by atoms with Gasteiger partial charge in [-0.05, 0) is 32.9 Å². The van der Waals surface area contributed by atoms with Crippen LogP contribution in [0.5, 0.6) is 0 Å². The van der Waals surface area contributed by atoms with Crippen molar-refractivity contribution in [1.82, 2.24) is 5.32 Å². The lowest BCUT2D eigenvalue weighted by molar-refractivity contribution is 0.0530. The lowest BCUT2D eigenvalue weighted by Crippen LogP contribution is -2.35. The van der Waals surface area contributed by atoms with Gasteiger partial charge in [-0.3, -0.25) is 0 Å². The third-order valence-electron chi connectivity index (χ3n) is 2.54. The zero-order valence-electron chi connectivity index (χ0n) is 13.3. The van der Waals surface area contributed by atoms with Crippen LogP contribution in [0.2, 0.25) is 5.02 Å². The Balaban J connectivity index is 2.47. The smallest absolute Gasteiger partial charge is 0.407 e. The first kappa shape index (κ1) is 17.4. The highest BCUT2D eigenvalue weighted by Crippen LogP contribution is 2.32. The molecule has 21 heavy (non-hydrogen) atoms. The second-order valence-corrected chi connectivity index (χ2v) is 6.29. The molecule has 118 valence electrons. The zero-order chi connectivity index (χ0) is 16.0. The van der Waals surface area contributed by atoms with Gasteiger partial charge in [-0.2, -0.15) is 0 Å². The van der Waals surface area contributed by atoms with E-state index in [1.54, 1.807) is 0 Å². The van der Waals surface area contributed by atoms with Crippen molar-refractivity contribution in [3.63, 3.8) is 0 Å². The van der Waals surface area contributed by atoms with Gasteiger partial charge in [-0.25, -0.2) is 4.79 Å². The molecule has 1 aromatic carbocycles. The van der Waals surface area contributed by atoms with Crippen LogP contribution in [-0.4, -0.2) is 38.9 Å². The number of alkyl carbamates (subject to hydrolysis) is 1. The maximum absolute atomic E-state index is 11.5. The summed E-state index contributed by atoms with van der Waals surface area (Å²) in [4.78, 5) is 13.5. The molecule has 0 unspecified atom stereocenters. The number of hydrogen-bond acceptors (Lipinski definition) is 4. The Hall–Kier alpha value is -1.62. The summed E-state index contributed by atoms with van der Waals surface area (Å²) in [6.07, 6.45) is -0.414. The number of carbonyl (C=O) groups is 1. The topological polar surface area (TPSA) is 53.6 Å². The number of rotatable bonds is 5. The third-order valence-corrected chi connectivity index (χ3v) is 2.85. The Kier molecular flexibility index (Phi) is 6.15. The number of anilines is 2. The van der Waals surface area contributed by atoms with Crippen LogP contribution in [-0.2, 0) is 4.74 Å². The summed E-state index contributed by atoms with van der Waals surface area (Å²) in [6.45, 7) is 6.55. The molecule has 0 heterocycles. The molecular formula is C15H24ClN3O2. The fraction of sp³-hybridized carbons (Fsp3) is 0.533. The maximum atomic E-state index is 11.5. The van der Waals surface area contributed by atoms with Crippen molar-refractivity contribution >= 4 is 29.1 Å². The van der Waals surface area contributed by atoms with Crippen molar-refractivity contribution in [3.05, 3.63) is 23.2 Å². The fourth-order valence-electron chi connectivity index (χ4n) is 1.79. The molecule has 0 radical (unpaired) electrons. The fourth-order valence-corrected chi connectivity index (χ4v) is 2.13. The van der Waals surface area contributed by atoms with Gasteiger partial charge < -0.3 is 20.3 Å². The number of carbonyl (C=O) groups excluding carboxylic acids is 1. The minimum atomic E-state index is -0.484. The van der Waals surface area contributed by atoms with E-state index in [0.29, 0.717) is 18.1 Å². The lowest BCUT2D eigenvalue weighted by Gasteiger charge is -2.21. The van der Waals surface area contributed by atoms with E-state index in [0.717, 1.165) is 11.4 Å². The maximum Gasteiger partial charge on any atom is 0.407 e. The van der Waals surface area contributed by atoms with E-state index >= 15 is 0 Å². The molecular weight excluding hydrogens is 290 g/mol. The number of ether oxygens (including phenoxy) is 1. The summed E-state index contributed by atoms with van der Waals surface area (Å²) in [5, 5.41) is 6.65. The molecule has 2 N–H and O–H groups in total. The van der Waals surface area contributed by atoms with Gasteiger partial charge in [-0.1, -0.05) is 17.7 Å². The highest BCUT2D eigenvalue weighted by Gasteiger charge is 2.15. The third kappa shape index (κ3) is 6.12. The van der Waals surface area contributed by atoms with Crippen molar-refractivity contribution in [3.8, 4) is 0 Å². The molecule has 0 spiro atoms. The van der Waals surface area contributed by atoms with Crippen molar-refractivity contribution in [1.29, 1.82) is 0 Å². The van der Waals surface area contributed by atoms with E-state index < -0.39 is 11.7 Å². The van der Waals surface area contributed by atoms with Crippen LogP contribution in [0.3, 0.4) is 0 Å². The average molecular weight is 314 g/mol. The summed E-state index contributed by atoms with van der Waals surface area (Å²) in [5.41, 5.74) is 1.37. The van der Waals surface area contributed by atoms with Crippen molar-refractivity contribution in [2.24, 2.45) is 0 Å². The summed E-state index contributed by atoms with van der Waals surface area (Å²) >= 11 is 6.19. The summed E-state index contributed by atoms with van der Waals surface area (Å²) in [7, 11) is 3.87. The second-order valence-electron chi connectivity index (χ2n) is 5.89. The highest BCUT2D eigenvalue weighted by molar-refractivity contribution is 6.34. The largest absolute Gasteiger partial charge is 0.444 e. The van der Waals surface area contributed by atoms with Crippen LogP contribution in [0.25, 0.3) is 0 Å². The Morgan fingerprint density at radius 3 is 2.52 bits per heavy atom. The second kappa shape index (κ2) is 7.41. The van der Waals surface area contributed by atoms with Crippen molar-refractivity contribution in [2.45, 2.75) is 26.4 Å². The molecule has 0 fully saturated rings. The van der Waals surface area contributed by atoms with E-state index in [4.69, 9.17) is 16.3 Å². The molecule has 0 saturated heterocycles. The molecule has 6 heteroatoms. The van der Waals surface area contributed by atoms with Gasteiger partial charge in [0.25, 0.3) is 0 Å². The van der Waals surface area contributed by atoms with Crippen LogP contribution in [0, 0.1) is 0 Å². The molecule has 0 aromatic heterocycles. The molecule has 1 aromatic rings. The van der Waals surface area contributed by atoms with Crippen LogP contribution in [0.15, 0.2) is 18.2 Å². The monoisotopic (exact) mass is 313 g/mol. The van der Waals surface area contributed by atoms with Gasteiger partial charge in [0.2, 0.25) is 0 Å². The summed E-state index contributed by atoms with van der Waals surface area (Å²) in [6, 6.07) is 5.69. The van der Waals surface area contributed by atoms with Gasteiger partial charge >= 0.3 is 6.09 Å². The predicted octanol–water partition coefficient (Wildman–Crippen LogP) is 3.34. The standard InChI is InChI=1S/C15H24ClN3O2/c1-15(2,3)21-14(20)18-10-9-17-12-8-6-7-11(16)13(12)19(4)5/h6-8,17H,9-10H2,1-5H3,(H,18,20). The number of benzene rings is 1. The minimum Gasteiger partial charge on any atom is -0.444 e. The van der Waals surface area contributed by atoms with Crippen LogP contribution < -0.4 is 15.5 Å². The van der Waals surface area contributed by atoms with Crippen LogP contribution in [0.1, 0.15) is 20.8 Å². The average Bonchev–Trinajstić information content (AvgIpc) is 2.32. The van der Waals surface area contributed by atoms with Gasteiger partial charge in [0.05, 0.1) is 16.4 Å². The number of hydrogen-bond donors (Lipinski definition) is 2.